The Kier molecular flexibility index (Phi) is 5.50. The molecule has 0 aliphatic carbocycles. The minimum Gasteiger partial charge on any atom is -0.392 e. The summed E-state index contributed by atoms with van der Waals surface area (Å²) in [7, 11) is 0. The van der Waals surface area contributed by atoms with Crippen LogP contribution in [-0.4, -0.2) is 42.8 Å². The van der Waals surface area contributed by atoms with Crippen LogP contribution in [0.15, 0.2) is 0 Å². The second-order valence-corrected chi connectivity index (χ2v) is 3.01. The molecule has 1 atom stereocenters. The monoisotopic (exact) mass is 255 g/mol. The van der Waals surface area contributed by atoms with Gasteiger partial charge in [0.15, 0.2) is 0 Å². The van der Waals surface area contributed by atoms with Crippen molar-refractivity contribution >= 4 is 0 Å². The fourth-order valence-electron chi connectivity index (χ4n) is 0.814. The molecule has 3 nitrogen and oxygen atoms in total. The van der Waals surface area contributed by atoms with Crippen LogP contribution in [0.1, 0.15) is 6.42 Å². The lowest BCUT2D eigenvalue weighted by molar-refractivity contribution is -0.322. The summed E-state index contributed by atoms with van der Waals surface area (Å²) in [6, 6.07) is 0. The number of nitrogens with two attached hydrogens (primary N) is 1. The molecule has 0 spiro atoms. The highest BCUT2D eigenvalue weighted by Crippen LogP contribution is 2.35. The van der Waals surface area contributed by atoms with Crippen molar-refractivity contribution in [2.24, 2.45) is 5.73 Å². The SMILES string of the molecule is NCC(O)CCOC(C(F)(F)F)C(F)(F)F. The van der Waals surface area contributed by atoms with Crippen molar-refractivity contribution in [1.29, 1.82) is 0 Å². The second-order valence-electron chi connectivity index (χ2n) is 3.01. The van der Waals surface area contributed by atoms with Gasteiger partial charge in [0.25, 0.3) is 0 Å². The van der Waals surface area contributed by atoms with E-state index in [1.165, 1.54) is 0 Å². The molecular weight excluding hydrogens is 244 g/mol. The Hall–Kier alpha value is -0.540. The zero-order valence-corrected chi connectivity index (χ0v) is 7.98. The van der Waals surface area contributed by atoms with Crippen LogP contribution < -0.4 is 5.73 Å². The van der Waals surface area contributed by atoms with E-state index < -0.39 is 31.2 Å². The minimum atomic E-state index is -5.52. The Morgan fingerprint density at radius 2 is 1.50 bits per heavy atom. The lowest BCUT2D eigenvalue weighted by Crippen LogP contribution is -2.44. The predicted molar refractivity (Wildman–Crippen MR) is 41.5 cm³/mol. The molecule has 0 aliphatic heterocycles. The Morgan fingerprint density at radius 3 is 1.81 bits per heavy atom. The second kappa shape index (κ2) is 5.69. The molecule has 0 aromatic rings. The third kappa shape index (κ3) is 5.52. The summed E-state index contributed by atoms with van der Waals surface area (Å²) in [6.45, 7) is -1.13. The van der Waals surface area contributed by atoms with Crippen LogP contribution in [0.25, 0.3) is 0 Å². The number of ether oxygens (including phenoxy) is 1. The maximum Gasteiger partial charge on any atom is 0.423 e. The summed E-state index contributed by atoms with van der Waals surface area (Å²) >= 11 is 0. The van der Waals surface area contributed by atoms with Gasteiger partial charge in [-0.2, -0.15) is 26.3 Å². The standard InChI is InChI=1S/C7H11F6NO2/c8-6(9,10)5(7(11,12)13)16-2-1-4(15)3-14/h4-5,15H,1-3,14H2. The van der Waals surface area contributed by atoms with Gasteiger partial charge in [-0.25, -0.2) is 0 Å². The molecule has 0 aromatic heterocycles. The Morgan fingerprint density at radius 1 is 1.06 bits per heavy atom. The van der Waals surface area contributed by atoms with Crippen LogP contribution in [0.3, 0.4) is 0 Å². The number of rotatable bonds is 5. The Labute approximate surface area is 87.2 Å². The van der Waals surface area contributed by atoms with E-state index in [1.54, 1.807) is 0 Å². The third-order valence-electron chi connectivity index (χ3n) is 1.60. The van der Waals surface area contributed by atoms with E-state index in [4.69, 9.17) is 10.8 Å². The minimum absolute atomic E-state index is 0.258. The average molecular weight is 255 g/mol. The molecule has 3 N–H and O–H groups in total. The van der Waals surface area contributed by atoms with Gasteiger partial charge in [0.2, 0.25) is 6.10 Å². The third-order valence-corrected chi connectivity index (χ3v) is 1.60. The van der Waals surface area contributed by atoms with Gasteiger partial charge >= 0.3 is 12.4 Å². The van der Waals surface area contributed by atoms with Gasteiger partial charge in [-0.3, -0.25) is 0 Å². The van der Waals surface area contributed by atoms with E-state index in [0.717, 1.165) is 0 Å². The summed E-state index contributed by atoms with van der Waals surface area (Å²) in [4.78, 5) is 0. The van der Waals surface area contributed by atoms with Gasteiger partial charge in [-0.1, -0.05) is 0 Å². The largest absolute Gasteiger partial charge is 0.423 e. The summed E-state index contributed by atoms with van der Waals surface area (Å²) in [6.07, 6.45) is -16.4. The summed E-state index contributed by atoms with van der Waals surface area (Å²) < 4.78 is 75.0. The highest BCUT2D eigenvalue weighted by molar-refractivity contribution is 4.76. The highest BCUT2D eigenvalue weighted by atomic mass is 19.4. The van der Waals surface area contributed by atoms with Crippen LogP contribution >= 0.6 is 0 Å². The molecule has 1 unspecified atom stereocenters. The molecule has 0 saturated heterocycles. The zero-order valence-electron chi connectivity index (χ0n) is 7.98. The normalized spacial score (nSPS) is 15.6. The fraction of sp³-hybridized carbons (Fsp3) is 1.00. The van der Waals surface area contributed by atoms with Crippen molar-refractivity contribution < 1.29 is 36.2 Å². The van der Waals surface area contributed by atoms with E-state index in [9.17, 15) is 26.3 Å². The summed E-state index contributed by atoms with van der Waals surface area (Å²) in [5.74, 6) is 0. The molecule has 0 amide bonds. The van der Waals surface area contributed by atoms with E-state index >= 15 is 0 Å². The Bertz CT molecular complexity index is 190. The Balaban J connectivity index is 4.26. The van der Waals surface area contributed by atoms with Gasteiger partial charge in [-0.15, -0.1) is 0 Å². The lowest BCUT2D eigenvalue weighted by Gasteiger charge is -2.23. The van der Waals surface area contributed by atoms with E-state index in [-0.39, 0.29) is 13.0 Å². The molecule has 0 rings (SSSR count). The smallest absolute Gasteiger partial charge is 0.392 e. The van der Waals surface area contributed by atoms with E-state index in [1.807, 2.05) is 0 Å². The topological polar surface area (TPSA) is 55.5 Å². The van der Waals surface area contributed by atoms with Crippen LogP contribution in [0.2, 0.25) is 0 Å². The van der Waals surface area contributed by atoms with Crippen LogP contribution in [-0.2, 0) is 4.74 Å². The first-order chi connectivity index (χ1) is 7.09. The van der Waals surface area contributed by atoms with Gasteiger partial charge in [0.1, 0.15) is 0 Å². The summed E-state index contributed by atoms with van der Waals surface area (Å²) in [5.41, 5.74) is 4.91. The van der Waals surface area contributed by atoms with Crippen LogP contribution in [0.5, 0.6) is 0 Å². The van der Waals surface area contributed by atoms with Crippen molar-refractivity contribution in [1.82, 2.24) is 0 Å². The molecule has 0 heterocycles. The van der Waals surface area contributed by atoms with Gasteiger partial charge < -0.3 is 15.6 Å². The first-order valence-electron chi connectivity index (χ1n) is 4.22. The number of hydrogen-bond acceptors (Lipinski definition) is 3. The molecule has 9 heteroatoms. The van der Waals surface area contributed by atoms with Gasteiger partial charge in [-0.05, 0) is 6.42 Å². The van der Waals surface area contributed by atoms with Gasteiger partial charge in [0.05, 0.1) is 12.7 Å². The van der Waals surface area contributed by atoms with Crippen molar-refractivity contribution in [2.75, 3.05) is 13.2 Å². The zero-order chi connectivity index (χ0) is 13.0. The molecule has 0 aliphatic rings. The van der Waals surface area contributed by atoms with Crippen molar-refractivity contribution in [3.8, 4) is 0 Å². The molecule has 16 heavy (non-hydrogen) atoms. The quantitative estimate of drug-likeness (QED) is 0.726. The molecule has 0 bridgehead atoms. The maximum absolute atomic E-state index is 11.9. The number of aliphatic hydroxyl groups excluding tert-OH is 1. The number of hydrogen-bond donors (Lipinski definition) is 2. The maximum atomic E-state index is 11.9. The fourth-order valence-corrected chi connectivity index (χ4v) is 0.814. The van der Waals surface area contributed by atoms with Gasteiger partial charge in [0, 0.05) is 6.54 Å². The van der Waals surface area contributed by atoms with E-state index in [2.05, 4.69) is 4.74 Å². The summed E-state index contributed by atoms with van der Waals surface area (Å²) in [5, 5.41) is 8.81. The molecule has 0 saturated carbocycles. The molecule has 0 aromatic carbocycles. The van der Waals surface area contributed by atoms with E-state index in [0.29, 0.717) is 0 Å². The molecule has 98 valence electrons. The van der Waals surface area contributed by atoms with Crippen molar-refractivity contribution in [3.05, 3.63) is 0 Å². The first kappa shape index (κ1) is 15.5. The molecule has 0 radical (unpaired) electrons. The molecular formula is C7H11F6NO2. The number of alkyl halides is 6. The predicted octanol–water partition coefficient (Wildman–Crippen LogP) is 1.21. The van der Waals surface area contributed by atoms with Crippen LogP contribution in [0.4, 0.5) is 26.3 Å². The van der Waals surface area contributed by atoms with Crippen molar-refractivity contribution in [3.63, 3.8) is 0 Å². The molecule has 0 fully saturated rings. The lowest BCUT2D eigenvalue weighted by atomic mass is 10.2. The number of aliphatic hydroxyl groups is 1. The average Bonchev–Trinajstić information content (AvgIpc) is 2.07. The van der Waals surface area contributed by atoms with Crippen molar-refractivity contribution in [2.45, 2.75) is 31.0 Å². The first-order valence-corrected chi connectivity index (χ1v) is 4.22. The van der Waals surface area contributed by atoms with Crippen LogP contribution in [0, 0.1) is 0 Å². The number of halogens is 6. The highest BCUT2D eigenvalue weighted by Gasteiger charge is 2.57.